The van der Waals surface area contributed by atoms with Crippen LogP contribution in [0.4, 0.5) is 5.13 Å². The Morgan fingerprint density at radius 1 is 1.22 bits per heavy atom. The van der Waals surface area contributed by atoms with Crippen molar-refractivity contribution in [2.24, 2.45) is 0 Å². The topological polar surface area (TPSA) is 79.7 Å². The number of Topliss-reactive ketones (excluding diaryl/α,β-unsaturated/α-hetero) is 1. The number of ether oxygens (including phenoxy) is 1. The number of aliphatic hydroxyl groups is 1. The van der Waals surface area contributed by atoms with Crippen molar-refractivity contribution in [3.05, 3.63) is 65.4 Å². The molecule has 0 saturated heterocycles. The Balaban J connectivity index is 1.90. The van der Waals surface area contributed by atoms with Crippen molar-refractivity contribution in [1.82, 2.24) is 4.98 Å². The number of methoxy groups -OCH3 is 1. The highest BCUT2D eigenvalue weighted by Gasteiger charge is 2.44. The lowest BCUT2D eigenvalue weighted by Crippen LogP contribution is -2.30. The van der Waals surface area contributed by atoms with Crippen LogP contribution in [0.3, 0.4) is 0 Å². The van der Waals surface area contributed by atoms with Gasteiger partial charge in [0.1, 0.15) is 5.75 Å². The maximum atomic E-state index is 12.8. The zero-order valence-corrected chi connectivity index (χ0v) is 15.5. The van der Waals surface area contributed by atoms with E-state index in [4.69, 9.17) is 4.74 Å². The van der Waals surface area contributed by atoms with Gasteiger partial charge < -0.3 is 9.84 Å². The van der Waals surface area contributed by atoms with E-state index in [1.807, 2.05) is 24.3 Å². The Morgan fingerprint density at radius 2 is 2.00 bits per heavy atom. The van der Waals surface area contributed by atoms with Crippen LogP contribution in [0.15, 0.2) is 59.9 Å². The number of rotatable bonds is 4. The Morgan fingerprint density at radius 3 is 2.70 bits per heavy atom. The number of ketones is 1. The smallest absolute Gasteiger partial charge is 0.296 e. The molecule has 2 heterocycles. The molecule has 0 aliphatic carbocycles. The summed E-state index contributed by atoms with van der Waals surface area (Å²) >= 11 is 1.34. The molecule has 0 spiro atoms. The van der Waals surface area contributed by atoms with E-state index in [0.29, 0.717) is 16.4 Å². The van der Waals surface area contributed by atoms with Crippen LogP contribution in [0.2, 0.25) is 0 Å². The number of thiazole rings is 1. The molecule has 1 N–H and O–H groups in total. The van der Waals surface area contributed by atoms with Crippen LogP contribution in [0.5, 0.6) is 5.75 Å². The number of amides is 1. The van der Waals surface area contributed by atoms with Gasteiger partial charge in [0, 0.05) is 0 Å². The summed E-state index contributed by atoms with van der Waals surface area (Å²) in [5, 5.41) is 10.8. The molecule has 0 unspecified atom stereocenters. The lowest BCUT2D eigenvalue weighted by molar-refractivity contribution is -0.117. The number of nitrogens with zero attached hydrogens (tertiary/aromatic N) is 2. The van der Waals surface area contributed by atoms with Gasteiger partial charge in [0.05, 0.1) is 28.9 Å². The maximum absolute atomic E-state index is 12.8. The van der Waals surface area contributed by atoms with E-state index < -0.39 is 17.7 Å². The molecule has 1 aromatic heterocycles. The minimum absolute atomic E-state index is 0.0625. The van der Waals surface area contributed by atoms with E-state index in [1.165, 1.54) is 23.2 Å². The second-order valence-electron chi connectivity index (χ2n) is 6.14. The Bertz CT molecular complexity index is 1070. The Hall–Kier alpha value is -3.19. The number of para-hydroxylation sites is 1. The highest BCUT2D eigenvalue weighted by atomic mass is 32.1. The number of hydrogen-bond acceptors (Lipinski definition) is 6. The summed E-state index contributed by atoms with van der Waals surface area (Å²) < 4.78 is 6.19. The molecule has 3 aromatic rings. The number of benzene rings is 2. The zero-order chi connectivity index (χ0) is 19.1. The van der Waals surface area contributed by atoms with Crippen LogP contribution < -0.4 is 9.64 Å². The molecule has 4 rings (SSSR count). The summed E-state index contributed by atoms with van der Waals surface area (Å²) in [6.07, 6.45) is 0. The van der Waals surface area contributed by atoms with Crippen LogP contribution in [0.1, 0.15) is 18.5 Å². The molecule has 7 heteroatoms. The lowest BCUT2D eigenvalue weighted by Gasteiger charge is -2.24. The Kier molecular flexibility index (Phi) is 4.16. The summed E-state index contributed by atoms with van der Waals surface area (Å²) in [5.74, 6) is -0.933. The number of carbonyl (C=O) groups excluding carboxylic acids is 2. The predicted molar refractivity (Wildman–Crippen MR) is 103 cm³/mol. The first-order valence-corrected chi connectivity index (χ1v) is 9.10. The van der Waals surface area contributed by atoms with E-state index in [-0.39, 0.29) is 11.4 Å². The number of hydrogen-bond donors (Lipinski definition) is 1. The van der Waals surface area contributed by atoms with Gasteiger partial charge in [0.2, 0.25) is 0 Å². The van der Waals surface area contributed by atoms with Crippen molar-refractivity contribution in [2.45, 2.75) is 13.0 Å². The van der Waals surface area contributed by atoms with E-state index >= 15 is 0 Å². The van der Waals surface area contributed by atoms with Crippen molar-refractivity contribution >= 4 is 38.4 Å². The van der Waals surface area contributed by atoms with Crippen LogP contribution in [0.25, 0.3) is 10.2 Å². The van der Waals surface area contributed by atoms with E-state index in [2.05, 4.69) is 4.98 Å². The summed E-state index contributed by atoms with van der Waals surface area (Å²) in [7, 11) is 1.55. The molecule has 6 nitrogen and oxygen atoms in total. The molecule has 27 heavy (non-hydrogen) atoms. The monoisotopic (exact) mass is 380 g/mol. The molecule has 0 radical (unpaired) electrons. The molecule has 1 amide bonds. The molecule has 1 aliphatic heterocycles. The average molecular weight is 380 g/mol. The van der Waals surface area contributed by atoms with Gasteiger partial charge in [0.15, 0.2) is 16.7 Å². The van der Waals surface area contributed by atoms with Crippen molar-refractivity contribution in [3.8, 4) is 5.75 Å². The standard InChI is InChI=1S/C20H16N2O4S/c1-11(23)16-17(12-6-5-7-13(10-12)26-2)22(19(25)18(16)24)20-21-14-8-3-4-9-15(14)27-20/h3-10,17,24H,1-2H3/t17-/m1/s1. The number of aliphatic hydroxyl groups excluding tert-OH is 1. The van der Waals surface area contributed by atoms with Gasteiger partial charge >= 0.3 is 0 Å². The van der Waals surface area contributed by atoms with Gasteiger partial charge in [-0.2, -0.15) is 0 Å². The fourth-order valence-corrected chi connectivity index (χ4v) is 4.24. The van der Waals surface area contributed by atoms with Crippen molar-refractivity contribution < 1.29 is 19.4 Å². The number of carbonyl (C=O) groups is 2. The lowest BCUT2D eigenvalue weighted by atomic mass is 9.97. The fraction of sp³-hybridized carbons (Fsp3) is 0.150. The first-order valence-electron chi connectivity index (χ1n) is 8.28. The third kappa shape index (κ3) is 2.76. The highest BCUT2D eigenvalue weighted by molar-refractivity contribution is 7.22. The third-order valence-corrected chi connectivity index (χ3v) is 5.52. The first kappa shape index (κ1) is 17.2. The quantitative estimate of drug-likeness (QED) is 0.745. The van der Waals surface area contributed by atoms with E-state index in [0.717, 1.165) is 10.2 Å². The van der Waals surface area contributed by atoms with Gasteiger partial charge in [-0.3, -0.25) is 14.5 Å². The molecule has 1 atom stereocenters. The molecular weight excluding hydrogens is 364 g/mol. The molecule has 136 valence electrons. The van der Waals surface area contributed by atoms with Crippen LogP contribution in [-0.4, -0.2) is 28.9 Å². The summed E-state index contributed by atoms with van der Waals surface area (Å²) in [6.45, 7) is 1.34. The normalized spacial score (nSPS) is 17.0. The van der Waals surface area contributed by atoms with Gasteiger partial charge in [0.25, 0.3) is 5.91 Å². The molecule has 0 saturated carbocycles. The van der Waals surface area contributed by atoms with Crippen LogP contribution in [0, 0.1) is 0 Å². The van der Waals surface area contributed by atoms with Gasteiger partial charge in [-0.15, -0.1) is 0 Å². The minimum atomic E-state index is -0.759. The number of fused-ring (bicyclic) bond motifs is 1. The van der Waals surface area contributed by atoms with Gasteiger partial charge in [-0.25, -0.2) is 4.98 Å². The maximum Gasteiger partial charge on any atom is 0.296 e. The summed E-state index contributed by atoms with van der Waals surface area (Å²) in [4.78, 5) is 31.0. The summed E-state index contributed by atoms with van der Waals surface area (Å²) in [6, 6.07) is 13.9. The largest absolute Gasteiger partial charge is 0.503 e. The molecule has 2 aromatic carbocycles. The van der Waals surface area contributed by atoms with Gasteiger partial charge in [-0.05, 0) is 36.8 Å². The zero-order valence-electron chi connectivity index (χ0n) is 14.7. The molecule has 1 aliphatic rings. The van der Waals surface area contributed by atoms with E-state index in [1.54, 1.807) is 31.4 Å². The fourth-order valence-electron chi connectivity index (χ4n) is 3.25. The van der Waals surface area contributed by atoms with Crippen LogP contribution in [-0.2, 0) is 9.59 Å². The molecular formula is C20H16N2O4S. The number of anilines is 1. The van der Waals surface area contributed by atoms with E-state index in [9.17, 15) is 14.7 Å². The highest BCUT2D eigenvalue weighted by Crippen LogP contribution is 2.43. The molecule has 0 fully saturated rings. The van der Waals surface area contributed by atoms with Crippen LogP contribution >= 0.6 is 11.3 Å². The summed E-state index contributed by atoms with van der Waals surface area (Å²) in [5.41, 5.74) is 1.48. The van der Waals surface area contributed by atoms with Gasteiger partial charge in [-0.1, -0.05) is 35.6 Å². The number of aromatic nitrogens is 1. The second-order valence-corrected chi connectivity index (χ2v) is 7.15. The average Bonchev–Trinajstić information content (AvgIpc) is 3.20. The first-order chi connectivity index (χ1) is 13.0. The van der Waals surface area contributed by atoms with Crippen molar-refractivity contribution in [1.29, 1.82) is 0 Å². The molecule has 0 bridgehead atoms. The van der Waals surface area contributed by atoms with Crippen molar-refractivity contribution in [3.63, 3.8) is 0 Å². The minimum Gasteiger partial charge on any atom is -0.503 e. The SMILES string of the molecule is COc1cccc([C@@H]2C(C(C)=O)=C(O)C(=O)N2c2nc3ccccc3s2)c1. The van der Waals surface area contributed by atoms with Crippen molar-refractivity contribution in [2.75, 3.05) is 12.0 Å². The Labute approximate surface area is 159 Å². The predicted octanol–water partition coefficient (Wildman–Crippen LogP) is 3.79. The second kappa shape index (κ2) is 6.51. The third-order valence-electron chi connectivity index (χ3n) is 4.49.